The van der Waals surface area contributed by atoms with E-state index in [0.29, 0.717) is 38.2 Å². The molecule has 0 atom stereocenters. The number of hydrogen-bond acceptors (Lipinski definition) is 4. The number of benzene rings is 1. The van der Waals surface area contributed by atoms with Crippen molar-refractivity contribution in [2.24, 2.45) is 0 Å². The Balaban J connectivity index is 1.34. The van der Waals surface area contributed by atoms with Crippen molar-refractivity contribution in [3.05, 3.63) is 35.9 Å². The van der Waals surface area contributed by atoms with Crippen molar-refractivity contribution >= 4 is 17.7 Å². The van der Waals surface area contributed by atoms with Crippen LogP contribution in [0.3, 0.4) is 0 Å². The van der Waals surface area contributed by atoms with E-state index < -0.39 is 0 Å². The molecule has 0 spiro atoms. The maximum Gasteiger partial charge on any atom is 0.253 e. The van der Waals surface area contributed by atoms with Crippen molar-refractivity contribution in [2.45, 2.75) is 38.5 Å². The predicted octanol–water partition coefficient (Wildman–Crippen LogP) is 1.74. The van der Waals surface area contributed by atoms with E-state index in [9.17, 15) is 14.4 Å². The molecule has 2 fully saturated rings. The first-order chi connectivity index (χ1) is 14.6. The van der Waals surface area contributed by atoms with Gasteiger partial charge in [-0.2, -0.15) is 0 Å². The Kier molecular flexibility index (Phi) is 8.68. The van der Waals surface area contributed by atoms with Gasteiger partial charge in [-0.1, -0.05) is 24.6 Å². The zero-order valence-corrected chi connectivity index (χ0v) is 17.9. The highest BCUT2D eigenvalue weighted by Crippen LogP contribution is 2.11. The van der Waals surface area contributed by atoms with Gasteiger partial charge in [0.2, 0.25) is 11.8 Å². The molecule has 7 heteroatoms. The van der Waals surface area contributed by atoms with Crippen molar-refractivity contribution in [1.82, 2.24) is 20.0 Å². The van der Waals surface area contributed by atoms with Gasteiger partial charge < -0.3 is 15.1 Å². The van der Waals surface area contributed by atoms with Crippen molar-refractivity contribution < 1.29 is 14.4 Å². The molecular formula is C23H34N4O3. The minimum absolute atomic E-state index is 0.0139. The van der Waals surface area contributed by atoms with E-state index in [1.165, 1.54) is 0 Å². The average Bonchev–Trinajstić information content (AvgIpc) is 3.12. The minimum atomic E-state index is 0.0139. The normalized spacial score (nSPS) is 18.6. The number of nitrogens with one attached hydrogen (secondary N) is 1. The lowest BCUT2D eigenvalue weighted by Gasteiger charge is -2.22. The zero-order valence-electron chi connectivity index (χ0n) is 17.9. The summed E-state index contributed by atoms with van der Waals surface area (Å²) in [7, 11) is 0. The standard InChI is InChI=1S/C23H34N4O3/c28-21(24-12-7-15-26-14-6-2-5-11-22(26)29)19-25-13-8-16-27(18-17-25)23(30)20-9-3-1-4-10-20/h1,3-4,9-10H,2,5-8,11-19H2,(H,24,28). The number of hydrogen-bond donors (Lipinski definition) is 1. The van der Waals surface area contributed by atoms with E-state index in [1.807, 2.05) is 40.1 Å². The van der Waals surface area contributed by atoms with Gasteiger partial charge in [0.15, 0.2) is 0 Å². The molecule has 0 radical (unpaired) electrons. The van der Waals surface area contributed by atoms with Gasteiger partial charge in [0.25, 0.3) is 5.91 Å². The van der Waals surface area contributed by atoms with Crippen molar-refractivity contribution in [1.29, 1.82) is 0 Å². The molecule has 1 N–H and O–H groups in total. The third-order valence-corrected chi connectivity index (χ3v) is 5.86. The molecule has 164 valence electrons. The first-order valence-electron chi connectivity index (χ1n) is 11.2. The van der Waals surface area contributed by atoms with Gasteiger partial charge in [0.05, 0.1) is 6.54 Å². The SMILES string of the molecule is O=C(CN1CCCN(C(=O)c2ccccc2)CC1)NCCCN1CCCCCC1=O. The average molecular weight is 415 g/mol. The van der Waals surface area contributed by atoms with Gasteiger partial charge in [0, 0.05) is 57.8 Å². The molecule has 0 unspecified atom stereocenters. The first-order valence-corrected chi connectivity index (χ1v) is 11.2. The summed E-state index contributed by atoms with van der Waals surface area (Å²) in [4.78, 5) is 42.9. The van der Waals surface area contributed by atoms with E-state index in [4.69, 9.17) is 0 Å². The maximum absolute atomic E-state index is 12.6. The second-order valence-electron chi connectivity index (χ2n) is 8.18. The van der Waals surface area contributed by atoms with E-state index in [-0.39, 0.29) is 17.7 Å². The highest BCUT2D eigenvalue weighted by molar-refractivity contribution is 5.94. The third-order valence-electron chi connectivity index (χ3n) is 5.86. The summed E-state index contributed by atoms with van der Waals surface area (Å²) in [5.74, 6) is 0.322. The van der Waals surface area contributed by atoms with Crippen LogP contribution in [-0.2, 0) is 9.59 Å². The van der Waals surface area contributed by atoms with Crippen LogP contribution in [0.5, 0.6) is 0 Å². The molecule has 7 nitrogen and oxygen atoms in total. The van der Waals surface area contributed by atoms with Gasteiger partial charge in [-0.15, -0.1) is 0 Å². The van der Waals surface area contributed by atoms with E-state index in [1.54, 1.807) is 0 Å². The smallest absolute Gasteiger partial charge is 0.253 e. The highest BCUT2D eigenvalue weighted by Gasteiger charge is 2.21. The number of carbonyl (C=O) groups excluding carboxylic acids is 3. The molecule has 30 heavy (non-hydrogen) atoms. The topological polar surface area (TPSA) is 73.0 Å². The Bertz CT molecular complexity index is 710. The fourth-order valence-corrected chi connectivity index (χ4v) is 4.13. The molecule has 2 aliphatic heterocycles. The van der Waals surface area contributed by atoms with Crippen LogP contribution < -0.4 is 5.32 Å². The molecule has 0 saturated carbocycles. The number of amides is 3. The van der Waals surface area contributed by atoms with Crippen LogP contribution in [0.2, 0.25) is 0 Å². The molecule has 0 aromatic heterocycles. The van der Waals surface area contributed by atoms with Gasteiger partial charge in [-0.05, 0) is 37.8 Å². The van der Waals surface area contributed by atoms with Gasteiger partial charge in [0.1, 0.15) is 0 Å². The number of likely N-dealkylation sites (tertiary alicyclic amines) is 1. The van der Waals surface area contributed by atoms with Crippen LogP contribution in [0.4, 0.5) is 0 Å². The Labute approximate surface area is 179 Å². The fourth-order valence-electron chi connectivity index (χ4n) is 4.13. The summed E-state index contributed by atoms with van der Waals surface area (Å²) in [6.07, 6.45) is 5.52. The van der Waals surface area contributed by atoms with E-state index >= 15 is 0 Å². The van der Waals surface area contributed by atoms with Crippen LogP contribution in [0.25, 0.3) is 0 Å². The number of carbonyl (C=O) groups is 3. The fraction of sp³-hybridized carbons (Fsp3) is 0.609. The number of nitrogens with zero attached hydrogens (tertiary/aromatic N) is 3. The monoisotopic (exact) mass is 414 g/mol. The molecule has 3 rings (SSSR count). The summed E-state index contributed by atoms with van der Waals surface area (Å²) < 4.78 is 0. The lowest BCUT2D eigenvalue weighted by Crippen LogP contribution is -2.41. The van der Waals surface area contributed by atoms with Crippen LogP contribution in [0, 0.1) is 0 Å². The summed E-state index contributed by atoms with van der Waals surface area (Å²) >= 11 is 0. The summed E-state index contributed by atoms with van der Waals surface area (Å²) in [6.45, 7) is 5.39. The first kappa shape index (κ1) is 22.3. The Morgan fingerprint density at radius 1 is 0.900 bits per heavy atom. The summed E-state index contributed by atoms with van der Waals surface area (Å²) in [6, 6.07) is 9.36. The highest BCUT2D eigenvalue weighted by atomic mass is 16.2. The van der Waals surface area contributed by atoms with Crippen molar-refractivity contribution in [3.8, 4) is 0 Å². The lowest BCUT2D eigenvalue weighted by molar-refractivity contribution is -0.130. The second-order valence-corrected chi connectivity index (χ2v) is 8.18. The molecule has 1 aromatic rings. The molecule has 3 amide bonds. The second kappa shape index (κ2) is 11.7. The van der Waals surface area contributed by atoms with E-state index in [2.05, 4.69) is 10.2 Å². The quantitative estimate of drug-likeness (QED) is 0.690. The van der Waals surface area contributed by atoms with Gasteiger partial charge in [-0.25, -0.2) is 0 Å². The number of rotatable bonds is 7. The molecular weight excluding hydrogens is 380 g/mol. The maximum atomic E-state index is 12.6. The molecule has 2 saturated heterocycles. The Morgan fingerprint density at radius 2 is 1.73 bits per heavy atom. The van der Waals surface area contributed by atoms with Crippen LogP contribution in [0.15, 0.2) is 30.3 Å². The molecule has 0 aliphatic carbocycles. The third kappa shape index (κ3) is 6.83. The Morgan fingerprint density at radius 3 is 2.57 bits per heavy atom. The Hall–Kier alpha value is -2.41. The van der Waals surface area contributed by atoms with Crippen LogP contribution in [0.1, 0.15) is 48.9 Å². The zero-order chi connectivity index (χ0) is 21.2. The summed E-state index contributed by atoms with van der Waals surface area (Å²) in [5.41, 5.74) is 0.714. The molecule has 2 aliphatic rings. The summed E-state index contributed by atoms with van der Waals surface area (Å²) in [5, 5.41) is 2.98. The van der Waals surface area contributed by atoms with Crippen LogP contribution >= 0.6 is 0 Å². The van der Waals surface area contributed by atoms with Crippen molar-refractivity contribution in [2.75, 3.05) is 52.4 Å². The lowest BCUT2D eigenvalue weighted by atomic mass is 10.2. The largest absolute Gasteiger partial charge is 0.355 e. The van der Waals surface area contributed by atoms with Gasteiger partial charge >= 0.3 is 0 Å². The molecule has 2 heterocycles. The molecule has 1 aromatic carbocycles. The predicted molar refractivity (Wildman–Crippen MR) is 116 cm³/mol. The van der Waals surface area contributed by atoms with Crippen LogP contribution in [-0.4, -0.2) is 84.8 Å². The van der Waals surface area contributed by atoms with Gasteiger partial charge in [-0.3, -0.25) is 19.3 Å². The van der Waals surface area contributed by atoms with E-state index in [0.717, 1.165) is 58.3 Å². The minimum Gasteiger partial charge on any atom is -0.355 e. The van der Waals surface area contributed by atoms with Crippen molar-refractivity contribution in [3.63, 3.8) is 0 Å². The molecule has 0 bridgehead atoms.